The minimum atomic E-state index is 0. The smallest absolute Gasteiger partial charge is 1.00 e. The third kappa shape index (κ3) is 21.2. The maximum absolute atomic E-state index is 2.99. The number of unbranched alkanes of at least 4 members (excludes halogenated alkanes) is 1. The molecule has 2 rings (SSSR count). The van der Waals surface area contributed by atoms with Gasteiger partial charge in [-0.25, -0.2) is 24.3 Å². The van der Waals surface area contributed by atoms with E-state index in [0.717, 1.165) is 12.8 Å². The van der Waals surface area contributed by atoms with Crippen LogP contribution >= 0.6 is 0 Å². The zero-order chi connectivity index (χ0) is 11.9. The van der Waals surface area contributed by atoms with Gasteiger partial charge in [0.1, 0.15) is 0 Å². The van der Waals surface area contributed by atoms with Gasteiger partial charge in [-0.1, -0.05) is 19.8 Å². The van der Waals surface area contributed by atoms with Gasteiger partial charge < -0.3 is 18.5 Å². The van der Waals surface area contributed by atoms with Crippen molar-refractivity contribution in [3.63, 3.8) is 0 Å². The Morgan fingerprint density at radius 1 is 1.11 bits per heavy atom. The van der Waals surface area contributed by atoms with Crippen LogP contribution in [0.15, 0.2) is 42.5 Å². The fourth-order valence-electron chi connectivity index (χ4n) is 0.969. The van der Waals surface area contributed by atoms with E-state index in [4.69, 9.17) is 0 Å². The Morgan fingerprint density at radius 2 is 1.61 bits per heavy atom. The van der Waals surface area contributed by atoms with Crippen molar-refractivity contribution in [3.8, 4) is 0 Å². The zero-order valence-electron chi connectivity index (χ0n) is 11.2. The molecule has 2 aliphatic rings. The first-order valence-electron chi connectivity index (χ1n) is 5.84. The van der Waals surface area contributed by atoms with E-state index in [-0.39, 0.29) is 38.6 Å². The summed E-state index contributed by atoms with van der Waals surface area (Å²) in [5, 5.41) is 0. The first-order chi connectivity index (χ1) is 7.91. The van der Waals surface area contributed by atoms with Crippen LogP contribution in [0.4, 0.5) is 0 Å². The first kappa shape index (κ1) is 23.0. The van der Waals surface area contributed by atoms with Crippen LogP contribution in [0.25, 0.3) is 0 Å². The second kappa shape index (κ2) is 22.1. The van der Waals surface area contributed by atoms with E-state index in [1.54, 1.807) is 0 Å². The summed E-state index contributed by atoms with van der Waals surface area (Å²) in [5.41, 5.74) is 0. The molecule has 0 fully saturated rings. The molecule has 0 nitrogen and oxygen atoms in total. The van der Waals surface area contributed by atoms with Crippen LogP contribution in [0, 0.1) is 18.2 Å². The van der Waals surface area contributed by atoms with Gasteiger partial charge in [0.25, 0.3) is 0 Å². The fourth-order valence-corrected chi connectivity index (χ4v) is 0.969. The average Bonchev–Trinajstić information content (AvgIpc) is 3.00. The summed E-state index contributed by atoms with van der Waals surface area (Å²) in [6, 6.07) is 0. The normalized spacial score (nSPS) is 13.2. The summed E-state index contributed by atoms with van der Waals surface area (Å²) >= 11 is 0. The summed E-state index contributed by atoms with van der Waals surface area (Å²) in [7, 11) is 0. The van der Waals surface area contributed by atoms with E-state index >= 15 is 0 Å². The molecule has 0 aromatic carbocycles. The minimum Gasteiger partial charge on any atom is -1.00 e. The van der Waals surface area contributed by atoms with Crippen LogP contribution in [-0.2, 0) is 26.2 Å². The Morgan fingerprint density at radius 3 is 1.72 bits per heavy atom. The van der Waals surface area contributed by atoms with Gasteiger partial charge in [-0.15, -0.1) is 12.8 Å². The maximum atomic E-state index is 2.99. The standard InChI is InChI=1S/C6H11.2C5H5.ClH.Zr/c1-3-5-6-4-2;2*1-2-4-5-3-1;;/h6H,3,5H2,1-2H3;2*1-3H,4H2;1H;/q3*-1;;+4/p-1. The largest absolute Gasteiger partial charge is 4.00 e. The summed E-state index contributed by atoms with van der Waals surface area (Å²) in [6.07, 6.45) is 27.4. The van der Waals surface area contributed by atoms with Crippen molar-refractivity contribution in [2.24, 2.45) is 0 Å². The quantitative estimate of drug-likeness (QED) is 0.673. The monoisotopic (exact) mass is 338 g/mol. The molecule has 0 N–H and O–H groups in total. The summed E-state index contributed by atoms with van der Waals surface area (Å²) in [4.78, 5) is 0. The Balaban J connectivity index is -0.000000178. The van der Waals surface area contributed by atoms with E-state index in [0.29, 0.717) is 0 Å². The molecule has 0 atom stereocenters. The van der Waals surface area contributed by atoms with Crippen LogP contribution in [0.5, 0.6) is 0 Å². The van der Waals surface area contributed by atoms with Crippen LogP contribution < -0.4 is 12.4 Å². The molecular weight excluding hydrogens is 319 g/mol. The van der Waals surface area contributed by atoms with Crippen molar-refractivity contribution >= 4 is 0 Å². The van der Waals surface area contributed by atoms with Crippen LogP contribution in [0.2, 0.25) is 0 Å². The minimum absolute atomic E-state index is 0. The van der Waals surface area contributed by atoms with Gasteiger partial charge in [0.05, 0.1) is 0 Å². The van der Waals surface area contributed by atoms with Crippen molar-refractivity contribution in [2.45, 2.75) is 39.5 Å². The number of halogens is 1. The van der Waals surface area contributed by atoms with E-state index < -0.39 is 0 Å². The van der Waals surface area contributed by atoms with Gasteiger partial charge in [0.2, 0.25) is 0 Å². The molecule has 2 heteroatoms. The van der Waals surface area contributed by atoms with E-state index in [1.165, 1.54) is 12.8 Å². The Hall–Kier alpha value is -0.127. The fraction of sp³-hybridized carbons (Fsp3) is 0.375. The molecule has 96 valence electrons. The van der Waals surface area contributed by atoms with Gasteiger partial charge in [-0.2, -0.15) is 19.1 Å². The number of rotatable bonds is 2. The number of allylic oxidation sites excluding steroid dienone is 10. The number of hydrogen-bond donors (Lipinski definition) is 0. The third-order valence-electron chi connectivity index (χ3n) is 1.81. The Kier molecular flexibility index (Phi) is 28.2. The second-order valence-electron chi connectivity index (χ2n) is 3.29. The second-order valence-corrected chi connectivity index (χ2v) is 3.29. The molecular formula is C16H21ClZr. The van der Waals surface area contributed by atoms with Crippen molar-refractivity contribution < 1.29 is 38.6 Å². The first-order valence-corrected chi connectivity index (χ1v) is 5.84. The van der Waals surface area contributed by atoms with Gasteiger partial charge in [0, 0.05) is 0 Å². The van der Waals surface area contributed by atoms with Crippen molar-refractivity contribution in [1.29, 1.82) is 0 Å². The Bertz CT molecular complexity index is 231. The van der Waals surface area contributed by atoms with Crippen LogP contribution in [-0.4, -0.2) is 0 Å². The van der Waals surface area contributed by atoms with Gasteiger partial charge in [-0.3, -0.25) is 18.2 Å². The molecule has 2 aliphatic carbocycles. The van der Waals surface area contributed by atoms with E-state index in [9.17, 15) is 0 Å². The molecule has 18 heavy (non-hydrogen) atoms. The van der Waals surface area contributed by atoms with E-state index in [2.05, 4.69) is 43.4 Å². The van der Waals surface area contributed by atoms with Gasteiger partial charge in [0.15, 0.2) is 0 Å². The van der Waals surface area contributed by atoms with Crippen molar-refractivity contribution in [3.05, 3.63) is 60.8 Å². The summed E-state index contributed by atoms with van der Waals surface area (Å²) in [6.45, 7) is 4.09. The summed E-state index contributed by atoms with van der Waals surface area (Å²) in [5.74, 6) is 0. The molecule has 0 amide bonds. The molecule has 0 heterocycles. The predicted octanol–water partition coefficient (Wildman–Crippen LogP) is 1.78. The SMILES string of the molecule is C[C-]=CCCC.[C-]1=CC=CC1.[C-]1=CC=CC1.[Cl-].[Zr+4]. The van der Waals surface area contributed by atoms with Crippen molar-refractivity contribution in [2.75, 3.05) is 0 Å². The average molecular weight is 340 g/mol. The van der Waals surface area contributed by atoms with Crippen LogP contribution in [0.3, 0.4) is 0 Å². The summed E-state index contributed by atoms with van der Waals surface area (Å²) < 4.78 is 0. The molecule has 0 aliphatic heterocycles. The molecule has 0 aromatic rings. The maximum Gasteiger partial charge on any atom is 4.00 e. The molecule has 0 spiro atoms. The molecule has 0 bridgehead atoms. The van der Waals surface area contributed by atoms with Gasteiger partial charge >= 0.3 is 26.2 Å². The topological polar surface area (TPSA) is 0 Å². The molecule has 0 aromatic heterocycles. The molecule has 0 unspecified atom stereocenters. The zero-order valence-corrected chi connectivity index (χ0v) is 14.5. The van der Waals surface area contributed by atoms with Crippen LogP contribution in [0.1, 0.15) is 39.5 Å². The number of hydrogen-bond acceptors (Lipinski definition) is 0. The van der Waals surface area contributed by atoms with E-state index in [1.807, 2.05) is 31.2 Å². The van der Waals surface area contributed by atoms with Gasteiger partial charge in [-0.05, 0) is 0 Å². The third-order valence-corrected chi connectivity index (χ3v) is 1.81. The predicted molar refractivity (Wildman–Crippen MR) is 71.5 cm³/mol. The molecule has 0 saturated carbocycles. The Labute approximate surface area is 138 Å². The molecule has 0 radical (unpaired) electrons. The molecule has 0 saturated heterocycles. The van der Waals surface area contributed by atoms with Crippen molar-refractivity contribution in [1.82, 2.24) is 0 Å².